The minimum atomic E-state index is -0.986. The summed E-state index contributed by atoms with van der Waals surface area (Å²) in [5.41, 5.74) is -0.430. The predicted molar refractivity (Wildman–Crippen MR) is 70.2 cm³/mol. The number of hydrogen-bond donors (Lipinski definition) is 2. The molecule has 1 aliphatic carbocycles. The number of ether oxygens (including phenoxy) is 2. The van der Waals surface area contributed by atoms with Crippen molar-refractivity contribution in [2.75, 3.05) is 0 Å². The molecule has 3 rings (SSSR count). The Labute approximate surface area is 119 Å². The molecule has 0 radical (unpaired) electrons. The molecule has 2 heterocycles. The van der Waals surface area contributed by atoms with E-state index in [1.807, 2.05) is 13.8 Å². The van der Waals surface area contributed by atoms with Crippen molar-refractivity contribution in [3.05, 3.63) is 0 Å². The van der Waals surface area contributed by atoms with Crippen molar-refractivity contribution in [3.8, 4) is 0 Å². The summed E-state index contributed by atoms with van der Waals surface area (Å²) in [6, 6.07) is 0. The minimum Gasteiger partial charge on any atom is -0.462 e. The Morgan fingerprint density at radius 3 is 2.65 bits per heavy atom. The summed E-state index contributed by atoms with van der Waals surface area (Å²) >= 11 is 0. The Kier molecular flexibility index (Phi) is 3.35. The normalized spacial score (nSPS) is 55.6. The van der Waals surface area contributed by atoms with Gasteiger partial charge in [-0.3, -0.25) is 4.79 Å². The highest BCUT2D eigenvalue weighted by Gasteiger charge is 2.56. The van der Waals surface area contributed by atoms with E-state index < -0.39 is 18.0 Å². The molecule has 5 nitrogen and oxygen atoms in total. The highest BCUT2D eigenvalue weighted by Crippen LogP contribution is 2.54. The lowest BCUT2D eigenvalue weighted by Crippen LogP contribution is -2.51. The summed E-state index contributed by atoms with van der Waals surface area (Å²) in [6.07, 6.45) is 0.104. The van der Waals surface area contributed by atoms with Gasteiger partial charge in [-0.25, -0.2) is 0 Å². The Morgan fingerprint density at radius 2 is 1.95 bits per heavy atom. The summed E-state index contributed by atoms with van der Waals surface area (Å²) in [5, 5.41) is 20.1. The number of esters is 1. The van der Waals surface area contributed by atoms with Gasteiger partial charge >= 0.3 is 5.97 Å². The lowest BCUT2D eigenvalue weighted by atomic mass is 9.65. The van der Waals surface area contributed by atoms with Crippen LogP contribution in [0, 0.1) is 29.1 Å². The molecule has 0 aromatic heterocycles. The number of aliphatic hydroxyl groups is 2. The maximum atomic E-state index is 11.8. The summed E-state index contributed by atoms with van der Waals surface area (Å²) in [7, 11) is 0. The van der Waals surface area contributed by atoms with E-state index in [0.717, 1.165) is 6.42 Å². The molecule has 0 bridgehead atoms. The van der Waals surface area contributed by atoms with Gasteiger partial charge in [0.05, 0.1) is 5.92 Å². The van der Waals surface area contributed by atoms with Crippen LogP contribution in [-0.4, -0.2) is 34.9 Å². The molecule has 8 atom stereocenters. The molecule has 0 amide bonds. The molecule has 20 heavy (non-hydrogen) atoms. The second kappa shape index (κ2) is 4.68. The summed E-state index contributed by atoms with van der Waals surface area (Å²) in [4.78, 5) is 11.8. The van der Waals surface area contributed by atoms with Crippen molar-refractivity contribution in [2.24, 2.45) is 29.1 Å². The molecule has 2 saturated heterocycles. The van der Waals surface area contributed by atoms with Crippen LogP contribution in [0.5, 0.6) is 0 Å². The maximum Gasteiger partial charge on any atom is 0.309 e. The van der Waals surface area contributed by atoms with Crippen LogP contribution in [0.3, 0.4) is 0 Å². The zero-order valence-electron chi connectivity index (χ0n) is 12.3. The summed E-state index contributed by atoms with van der Waals surface area (Å²) < 4.78 is 10.8. The fraction of sp³-hybridized carbons (Fsp3) is 0.933. The van der Waals surface area contributed by atoms with Crippen LogP contribution in [0.1, 0.15) is 40.0 Å². The molecule has 2 aliphatic heterocycles. The molecule has 3 fully saturated rings. The third kappa shape index (κ3) is 1.98. The van der Waals surface area contributed by atoms with Gasteiger partial charge < -0.3 is 19.7 Å². The second-order valence-electron chi connectivity index (χ2n) is 7.14. The quantitative estimate of drug-likeness (QED) is 0.655. The van der Waals surface area contributed by atoms with Gasteiger partial charge in [0, 0.05) is 17.8 Å². The second-order valence-corrected chi connectivity index (χ2v) is 7.14. The van der Waals surface area contributed by atoms with Crippen LogP contribution in [0.25, 0.3) is 0 Å². The smallest absolute Gasteiger partial charge is 0.309 e. The lowest BCUT2D eigenvalue weighted by Gasteiger charge is -2.48. The average molecular weight is 284 g/mol. The van der Waals surface area contributed by atoms with Crippen molar-refractivity contribution in [1.82, 2.24) is 0 Å². The molecule has 1 saturated carbocycles. The SMILES string of the molecule is CC1CC2OC(=O)C(C)C2CC2(C)C(O)OC(O)CC12. The number of hydrogen-bond acceptors (Lipinski definition) is 5. The number of fused-ring (bicyclic) bond motifs is 2. The molecule has 5 heteroatoms. The number of carbonyl (C=O) groups is 1. The molecule has 0 spiro atoms. The van der Waals surface area contributed by atoms with Gasteiger partial charge in [-0.05, 0) is 24.7 Å². The molecule has 0 aromatic rings. The van der Waals surface area contributed by atoms with Crippen molar-refractivity contribution in [2.45, 2.75) is 58.7 Å². The highest BCUT2D eigenvalue weighted by molar-refractivity contribution is 5.74. The Balaban J connectivity index is 1.94. The number of carbonyl (C=O) groups excluding carboxylic acids is 1. The van der Waals surface area contributed by atoms with E-state index >= 15 is 0 Å². The van der Waals surface area contributed by atoms with Crippen molar-refractivity contribution in [3.63, 3.8) is 0 Å². The molecule has 0 aromatic carbocycles. The van der Waals surface area contributed by atoms with Gasteiger partial charge in [0.25, 0.3) is 0 Å². The maximum absolute atomic E-state index is 11.8. The number of rotatable bonds is 0. The minimum absolute atomic E-state index is 0.0562. The van der Waals surface area contributed by atoms with Crippen molar-refractivity contribution in [1.29, 1.82) is 0 Å². The molecular formula is C15H24O5. The van der Waals surface area contributed by atoms with Crippen LogP contribution >= 0.6 is 0 Å². The third-order valence-electron chi connectivity index (χ3n) is 5.88. The van der Waals surface area contributed by atoms with Crippen molar-refractivity contribution >= 4 is 5.97 Å². The Bertz CT molecular complexity index is 411. The zero-order chi connectivity index (χ0) is 14.7. The first-order chi connectivity index (χ1) is 9.33. The van der Waals surface area contributed by atoms with Gasteiger partial charge in [0.1, 0.15) is 6.10 Å². The standard InChI is InChI=1S/C15H24O5/c1-7-4-11-9(8(2)13(17)19-11)6-15(3)10(7)5-12(16)20-14(15)18/h7-12,14,16,18H,4-6H2,1-3H3. The molecule has 8 unspecified atom stereocenters. The first kappa shape index (κ1) is 14.3. The largest absolute Gasteiger partial charge is 0.462 e. The van der Waals surface area contributed by atoms with Gasteiger partial charge in [0.2, 0.25) is 0 Å². The van der Waals surface area contributed by atoms with E-state index in [1.54, 1.807) is 0 Å². The lowest BCUT2D eigenvalue weighted by molar-refractivity contribution is -0.305. The van der Waals surface area contributed by atoms with Crippen LogP contribution < -0.4 is 0 Å². The Hall–Kier alpha value is -0.650. The van der Waals surface area contributed by atoms with E-state index in [-0.39, 0.29) is 35.7 Å². The number of aliphatic hydroxyl groups excluding tert-OH is 2. The van der Waals surface area contributed by atoms with Crippen LogP contribution in [0.2, 0.25) is 0 Å². The molecule has 114 valence electrons. The van der Waals surface area contributed by atoms with E-state index in [9.17, 15) is 15.0 Å². The van der Waals surface area contributed by atoms with E-state index in [2.05, 4.69) is 6.92 Å². The van der Waals surface area contributed by atoms with Crippen LogP contribution in [-0.2, 0) is 14.3 Å². The van der Waals surface area contributed by atoms with E-state index in [0.29, 0.717) is 12.8 Å². The zero-order valence-corrected chi connectivity index (χ0v) is 12.3. The van der Waals surface area contributed by atoms with Crippen molar-refractivity contribution < 1.29 is 24.5 Å². The highest BCUT2D eigenvalue weighted by atomic mass is 16.7. The summed E-state index contributed by atoms with van der Waals surface area (Å²) in [6.45, 7) is 6.04. The van der Waals surface area contributed by atoms with E-state index in [4.69, 9.17) is 9.47 Å². The molecule has 3 aliphatic rings. The predicted octanol–water partition coefficient (Wildman–Crippen LogP) is 1.27. The fourth-order valence-corrected chi connectivity index (χ4v) is 4.57. The van der Waals surface area contributed by atoms with Gasteiger partial charge in [-0.15, -0.1) is 0 Å². The molecular weight excluding hydrogens is 260 g/mol. The van der Waals surface area contributed by atoms with Gasteiger partial charge in [0.15, 0.2) is 12.6 Å². The topological polar surface area (TPSA) is 76.0 Å². The average Bonchev–Trinajstić information content (AvgIpc) is 2.55. The van der Waals surface area contributed by atoms with Crippen LogP contribution in [0.15, 0.2) is 0 Å². The van der Waals surface area contributed by atoms with Gasteiger partial charge in [-0.1, -0.05) is 20.8 Å². The van der Waals surface area contributed by atoms with E-state index in [1.165, 1.54) is 0 Å². The Morgan fingerprint density at radius 1 is 1.25 bits per heavy atom. The molecule has 2 N–H and O–H groups in total. The van der Waals surface area contributed by atoms with Gasteiger partial charge in [-0.2, -0.15) is 0 Å². The first-order valence-electron chi connectivity index (χ1n) is 7.55. The third-order valence-corrected chi connectivity index (χ3v) is 5.88. The summed E-state index contributed by atoms with van der Waals surface area (Å²) in [5.74, 6) is 0.342. The fourth-order valence-electron chi connectivity index (χ4n) is 4.57. The van der Waals surface area contributed by atoms with Crippen LogP contribution in [0.4, 0.5) is 0 Å². The first-order valence-corrected chi connectivity index (χ1v) is 7.55. The monoisotopic (exact) mass is 284 g/mol.